The van der Waals surface area contributed by atoms with Gasteiger partial charge in [0.1, 0.15) is 0 Å². The largest absolute Gasteiger partial charge is 0.478 e. The molecule has 1 aromatic heterocycles. The van der Waals surface area contributed by atoms with E-state index < -0.39 is 5.97 Å². The predicted octanol–water partition coefficient (Wildman–Crippen LogP) is 5.90. The lowest BCUT2D eigenvalue weighted by Crippen LogP contribution is -1.96. The summed E-state index contributed by atoms with van der Waals surface area (Å²) in [5.74, 6) is -0.931. The Labute approximate surface area is 162 Å². The van der Waals surface area contributed by atoms with Gasteiger partial charge in [0.25, 0.3) is 0 Å². The molecule has 0 atom stereocenters. The summed E-state index contributed by atoms with van der Waals surface area (Å²) in [4.78, 5) is 16.6. The Morgan fingerprint density at radius 2 is 1.75 bits per heavy atom. The predicted molar refractivity (Wildman–Crippen MR) is 107 cm³/mol. The van der Waals surface area contributed by atoms with Gasteiger partial charge in [0.2, 0.25) is 0 Å². The first kappa shape index (κ1) is 18.6. The fraction of sp³-hybridized carbons (Fsp3) is 0.0588. The molecule has 2 aromatic carbocycles. The molecule has 1 heterocycles. The van der Waals surface area contributed by atoms with E-state index in [9.17, 15) is 4.79 Å². The Morgan fingerprint density at radius 1 is 1.12 bits per heavy atom. The van der Waals surface area contributed by atoms with Crippen LogP contribution in [-0.2, 0) is 0 Å². The Morgan fingerprint density at radius 3 is 2.33 bits per heavy atom. The normalized spacial score (nSPS) is 10.1. The van der Waals surface area contributed by atoms with Crippen LogP contribution in [-0.4, -0.2) is 16.1 Å². The van der Waals surface area contributed by atoms with Crippen LogP contribution in [0, 0.1) is 6.92 Å². The first-order chi connectivity index (χ1) is 11.0. The number of nitrogens with one attached hydrogen (secondary N) is 1. The van der Waals surface area contributed by atoms with E-state index in [1.54, 1.807) is 35.6 Å². The zero-order valence-electron chi connectivity index (χ0n) is 12.6. The van der Waals surface area contributed by atoms with Crippen molar-refractivity contribution in [2.45, 2.75) is 6.92 Å². The highest BCUT2D eigenvalue weighted by atomic mass is 79.9. The standard InChI is InChI=1S/C17H13BrN2O2S.BrH/c1-10-15(11-2-6-13(18)7-3-11)20-17(23-10)19-14-8-4-12(5-9-14)16(21)22;/h2-9H,1H3,(H,19,20)(H,21,22);1H. The lowest BCUT2D eigenvalue weighted by molar-refractivity contribution is 0.0697. The number of benzene rings is 2. The first-order valence-corrected chi connectivity index (χ1v) is 8.47. The van der Waals surface area contributed by atoms with Crippen molar-refractivity contribution >= 4 is 61.0 Å². The molecule has 0 aliphatic carbocycles. The van der Waals surface area contributed by atoms with Gasteiger partial charge in [-0.1, -0.05) is 28.1 Å². The maximum atomic E-state index is 10.9. The molecule has 0 fully saturated rings. The zero-order valence-corrected chi connectivity index (χ0v) is 16.7. The molecule has 0 radical (unpaired) electrons. The minimum absolute atomic E-state index is 0. The van der Waals surface area contributed by atoms with E-state index in [2.05, 4.69) is 26.2 Å². The van der Waals surface area contributed by atoms with Crippen molar-refractivity contribution in [2.24, 2.45) is 0 Å². The van der Waals surface area contributed by atoms with Crippen LogP contribution in [0.2, 0.25) is 0 Å². The Hall–Kier alpha value is -1.70. The molecule has 4 nitrogen and oxygen atoms in total. The van der Waals surface area contributed by atoms with E-state index in [4.69, 9.17) is 5.11 Å². The summed E-state index contributed by atoms with van der Waals surface area (Å²) in [7, 11) is 0. The molecule has 0 aliphatic rings. The van der Waals surface area contributed by atoms with Crippen molar-refractivity contribution < 1.29 is 9.90 Å². The number of hydrogen-bond acceptors (Lipinski definition) is 4. The smallest absolute Gasteiger partial charge is 0.335 e. The third-order valence-electron chi connectivity index (χ3n) is 3.30. The quantitative estimate of drug-likeness (QED) is 0.499. The summed E-state index contributed by atoms with van der Waals surface area (Å²) in [5.41, 5.74) is 3.09. The SMILES string of the molecule is Br.Cc1sc(Nc2ccc(C(=O)O)cc2)nc1-c1ccc(Br)cc1. The molecule has 2 N–H and O–H groups in total. The lowest BCUT2D eigenvalue weighted by Gasteiger charge is -2.02. The van der Waals surface area contributed by atoms with Crippen molar-refractivity contribution in [3.63, 3.8) is 0 Å². The van der Waals surface area contributed by atoms with Crippen LogP contribution < -0.4 is 5.32 Å². The summed E-state index contributed by atoms with van der Waals surface area (Å²) in [6.45, 7) is 2.04. The Balaban J connectivity index is 0.00000208. The first-order valence-electron chi connectivity index (χ1n) is 6.86. The highest BCUT2D eigenvalue weighted by molar-refractivity contribution is 9.10. The van der Waals surface area contributed by atoms with Crippen molar-refractivity contribution in [3.8, 4) is 11.3 Å². The third-order valence-corrected chi connectivity index (χ3v) is 4.71. The molecule has 0 spiro atoms. The second-order valence-electron chi connectivity index (χ2n) is 4.94. The number of rotatable bonds is 4. The average Bonchev–Trinajstić information content (AvgIpc) is 2.89. The van der Waals surface area contributed by atoms with E-state index in [0.29, 0.717) is 0 Å². The Kier molecular flexibility index (Phi) is 6.15. The van der Waals surface area contributed by atoms with E-state index in [1.807, 2.05) is 31.2 Å². The molecule has 0 unspecified atom stereocenters. The highest BCUT2D eigenvalue weighted by Gasteiger charge is 2.10. The molecule has 7 heteroatoms. The lowest BCUT2D eigenvalue weighted by atomic mass is 10.1. The summed E-state index contributed by atoms with van der Waals surface area (Å²) >= 11 is 5.00. The number of carbonyl (C=O) groups is 1. The van der Waals surface area contributed by atoms with Gasteiger partial charge in [0.05, 0.1) is 11.3 Å². The molecule has 0 saturated heterocycles. The van der Waals surface area contributed by atoms with Gasteiger partial charge in [-0.25, -0.2) is 9.78 Å². The zero-order chi connectivity index (χ0) is 16.4. The second-order valence-corrected chi connectivity index (χ2v) is 7.06. The molecule has 3 rings (SSSR count). The molecule has 124 valence electrons. The van der Waals surface area contributed by atoms with Gasteiger partial charge in [-0.15, -0.1) is 28.3 Å². The number of aryl methyl sites for hydroxylation is 1. The topological polar surface area (TPSA) is 62.2 Å². The van der Waals surface area contributed by atoms with Crippen LogP contribution in [0.3, 0.4) is 0 Å². The van der Waals surface area contributed by atoms with Gasteiger partial charge in [-0.3, -0.25) is 0 Å². The maximum Gasteiger partial charge on any atom is 0.335 e. The Bertz CT molecular complexity index is 846. The van der Waals surface area contributed by atoms with E-state index in [0.717, 1.165) is 31.4 Å². The number of aromatic carboxylic acids is 1. The molecular formula is C17H14Br2N2O2S. The van der Waals surface area contributed by atoms with Crippen molar-refractivity contribution in [1.29, 1.82) is 0 Å². The van der Waals surface area contributed by atoms with Gasteiger partial charge >= 0.3 is 5.97 Å². The number of aromatic nitrogens is 1. The molecule has 0 bridgehead atoms. The van der Waals surface area contributed by atoms with Gasteiger partial charge in [-0.2, -0.15) is 0 Å². The molecular weight excluding hydrogens is 456 g/mol. The number of anilines is 2. The highest BCUT2D eigenvalue weighted by Crippen LogP contribution is 2.32. The van der Waals surface area contributed by atoms with E-state index in [-0.39, 0.29) is 22.5 Å². The molecule has 0 saturated carbocycles. The second kappa shape index (κ2) is 7.92. The fourth-order valence-corrected chi connectivity index (χ4v) is 3.27. The monoisotopic (exact) mass is 468 g/mol. The van der Waals surface area contributed by atoms with Crippen LogP contribution >= 0.6 is 44.2 Å². The summed E-state index contributed by atoms with van der Waals surface area (Å²) in [5, 5.41) is 12.9. The minimum atomic E-state index is -0.931. The van der Waals surface area contributed by atoms with Crippen LogP contribution in [0.5, 0.6) is 0 Å². The van der Waals surface area contributed by atoms with Crippen molar-refractivity contribution in [1.82, 2.24) is 4.98 Å². The average molecular weight is 470 g/mol. The van der Waals surface area contributed by atoms with Crippen LogP contribution in [0.1, 0.15) is 15.2 Å². The number of carboxylic acid groups (broad SMARTS) is 1. The number of hydrogen-bond donors (Lipinski definition) is 2. The fourth-order valence-electron chi connectivity index (χ4n) is 2.15. The van der Waals surface area contributed by atoms with Crippen LogP contribution in [0.15, 0.2) is 53.0 Å². The van der Waals surface area contributed by atoms with Gasteiger partial charge in [-0.05, 0) is 43.3 Å². The number of nitrogens with zero attached hydrogens (tertiary/aromatic N) is 1. The van der Waals surface area contributed by atoms with Gasteiger partial charge in [0, 0.05) is 20.6 Å². The maximum absolute atomic E-state index is 10.9. The van der Waals surface area contributed by atoms with E-state index >= 15 is 0 Å². The molecule has 0 amide bonds. The van der Waals surface area contributed by atoms with E-state index in [1.165, 1.54) is 0 Å². The molecule has 0 aliphatic heterocycles. The van der Waals surface area contributed by atoms with Crippen LogP contribution in [0.4, 0.5) is 10.8 Å². The molecule has 3 aromatic rings. The summed E-state index contributed by atoms with van der Waals surface area (Å²) in [6.07, 6.45) is 0. The summed E-state index contributed by atoms with van der Waals surface area (Å²) in [6, 6.07) is 14.6. The number of carboxylic acids is 1. The minimum Gasteiger partial charge on any atom is -0.478 e. The summed E-state index contributed by atoms with van der Waals surface area (Å²) < 4.78 is 1.03. The van der Waals surface area contributed by atoms with Crippen molar-refractivity contribution in [2.75, 3.05) is 5.32 Å². The van der Waals surface area contributed by atoms with Gasteiger partial charge in [0.15, 0.2) is 5.13 Å². The van der Waals surface area contributed by atoms with Gasteiger partial charge < -0.3 is 10.4 Å². The number of thiazole rings is 1. The number of halogens is 2. The van der Waals surface area contributed by atoms with Crippen LogP contribution in [0.25, 0.3) is 11.3 Å². The molecule has 24 heavy (non-hydrogen) atoms. The van der Waals surface area contributed by atoms with Crippen molar-refractivity contribution in [3.05, 3.63) is 63.4 Å². The third kappa shape index (κ3) is 4.23.